The lowest BCUT2D eigenvalue weighted by molar-refractivity contribution is 1.24. The van der Waals surface area contributed by atoms with Crippen LogP contribution in [-0.2, 0) is 12.8 Å². The van der Waals surface area contributed by atoms with Crippen LogP contribution >= 0.6 is 0 Å². The number of benzene rings is 3. The van der Waals surface area contributed by atoms with Crippen molar-refractivity contribution in [1.82, 2.24) is 0 Å². The molecule has 2 aliphatic carbocycles. The van der Waals surface area contributed by atoms with E-state index >= 15 is 0 Å². The van der Waals surface area contributed by atoms with Crippen LogP contribution in [0.25, 0.3) is 27.5 Å². The molecule has 0 radical (unpaired) electrons. The summed E-state index contributed by atoms with van der Waals surface area (Å²) >= 11 is 1.12. The van der Waals surface area contributed by atoms with Crippen LogP contribution in [0, 0.1) is 6.92 Å². The molecule has 0 heterocycles. The average molecular weight is 310 g/mol. The zero-order valence-corrected chi connectivity index (χ0v) is 16.0. The van der Waals surface area contributed by atoms with Gasteiger partial charge in [0.1, 0.15) is 0 Å². The van der Waals surface area contributed by atoms with Gasteiger partial charge in [0.05, 0.1) is 0 Å². The maximum absolute atomic E-state index is 2.39. The van der Waals surface area contributed by atoms with Gasteiger partial charge in [-0.3, -0.25) is 0 Å². The van der Waals surface area contributed by atoms with Gasteiger partial charge in [-0.1, -0.05) is 48.0 Å². The molecule has 0 saturated carbocycles. The van der Waals surface area contributed by atoms with Crippen molar-refractivity contribution in [3.05, 3.63) is 70.3 Å². The van der Waals surface area contributed by atoms with Gasteiger partial charge in [0.2, 0.25) is 0 Å². The van der Waals surface area contributed by atoms with Crippen molar-refractivity contribution < 1.29 is 0 Å². The predicted octanol–water partition coefficient (Wildman–Crippen LogP) is 3.94. The highest BCUT2D eigenvalue weighted by molar-refractivity contribution is 6.35. The Labute approximate surface area is 145 Å². The highest BCUT2D eigenvalue weighted by atomic mass is 27.0. The number of hydrogen-bond donors (Lipinski definition) is 0. The Kier molecular flexibility index (Phi) is 2.73. The quantitative estimate of drug-likeness (QED) is 0.432. The van der Waals surface area contributed by atoms with Gasteiger partial charge in [0.25, 0.3) is 16.3 Å². The molecule has 0 saturated heterocycles. The Morgan fingerprint density at radius 3 is 2.35 bits per heavy atom. The summed E-state index contributed by atoms with van der Waals surface area (Å²) in [6, 6.07) is 14.0. The molecule has 0 aliphatic heterocycles. The molecule has 3 aromatic carbocycles. The minimum Gasteiger partial charge on any atom is -0.117 e. The lowest BCUT2D eigenvalue weighted by atomic mass is 9.89. The van der Waals surface area contributed by atoms with E-state index in [0.717, 1.165) is 29.1 Å². The fourth-order valence-electron chi connectivity index (χ4n) is 4.49. The molecular formula is C22H19Al. The van der Waals surface area contributed by atoms with E-state index in [0.29, 0.717) is 0 Å². The van der Waals surface area contributed by atoms with Gasteiger partial charge in [-0.25, -0.2) is 0 Å². The first-order chi connectivity index (χ1) is 11.1. The van der Waals surface area contributed by atoms with E-state index in [1.165, 1.54) is 59.7 Å². The van der Waals surface area contributed by atoms with Crippen LogP contribution in [0.15, 0.2) is 42.5 Å². The van der Waals surface area contributed by atoms with Gasteiger partial charge in [-0.15, -0.1) is 4.43 Å². The molecule has 2 aliphatic rings. The Hall–Kier alpha value is -1.81. The van der Waals surface area contributed by atoms with Gasteiger partial charge >= 0.3 is 0 Å². The Morgan fingerprint density at radius 2 is 1.48 bits per heavy atom. The van der Waals surface area contributed by atoms with E-state index in [1.54, 1.807) is 0 Å². The molecule has 0 aromatic heterocycles. The molecule has 5 rings (SSSR count). The molecule has 0 N–H and O–H groups in total. The number of aryl methyl sites for hydroxylation is 1. The maximum atomic E-state index is 2.39. The summed E-state index contributed by atoms with van der Waals surface area (Å²) in [5.74, 6) is 0. The number of hydrogen-bond acceptors (Lipinski definition) is 0. The molecule has 110 valence electrons. The Morgan fingerprint density at radius 1 is 0.783 bits per heavy atom. The van der Waals surface area contributed by atoms with Crippen LogP contribution in [0.5, 0.6) is 0 Å². The second kappa shape index (κ2) is 4.60. The molecule has 23 heavy (non-hydrogen) atoms. The summed E-state index contributed by atoms with van der Waals surface area (Å²) in [5.41, 5.74) is 12.1. The zero-order chi connectivity index (χ0) is 15.7. The first kappa shape index (κ1) is 13.6. The molecule has 0 atom stereocenters. The lowest BCUT2D eigenvalue weighted by Gasteiger charge is -2.15. The second-order valence-electron chi connectivity index (χ2n) is 7.11. The van der Waals surface area contributed by atoms with Crippen molar-refractivity contribution in [3.63, 3.8) is 0 Å². The van der Waals surface area contributed by atoms with Crippen molar-refractivity contribution in [2.45, 2.75) is 26.7 Å². The summed E-state index contributed by atoms with van der Waals surface area (Å²) < 4.78 is 1.53. The number of rotatable bonds is 0. The maximum Gasteiger partial charge on any atom is 0.259 e. The average Bonchev–Trinajstić information content (AvgIpc) is 3.11. The monoisotopic (exact) mass is 310 g/mol. The van der Waals surface area contributed by atoms with E-state index in [9.17, 15) is 0 Å². The first-order valence-electron chi connectivity index (χ1n) is 8.49. The van der Waals surface area contributed by atoms with Crippen LogP contribution < -0.4 is 4.43 Å². The van der Waals surface area contributed by atoms with E-state index in [-0.39, 0.29) is 0 Å². The Balaban J connectivity index is 1.98. The van der Waals surface area contributed by atoms with Crippen molar-refractivity contribution >= 4 is 37.1 Å². The molecule has 0 nitrogen and oxygen atoms in total. The van der Waals surface area contributed by atoms with Crippen molar-refractivity contribution in [2.24, 2.45) is 0 Å². The van der Waals surface area contributed by atoms with Crippen molar-refractivity contribution in [1.29, 1.82) is 0 Å². The van der Waals surface area contributed by atoms with E-state index in [4.69, 9.17) is 0 Å². The smallest absolute Gasteiger partial charge is 0.117 e. The van der Waals surface area contributed by atoms with Crippen LogP contribution in [-0.4, -0.2) is 16.3 Å². The summed E-state index contributed by atoms with van der Waals surface area (Å²) in [7, 11) is 0. The molecule has 0 amide bonds. The molecule has 0 bridgehead atoms. The molecular weight excluding hydrogens is 291 g/mol. The topological polar surface area (TPSA) is 0 Å². The van der Waals surface area contributed by atoms with E-state index in [2.05, 4.69) is 56.3 Å². The molecule has 0 spiro atoms. The third-order valence-electron chi connectivity index (χ3n) is 5.83. The minimum absolute atomic E-state index is 1.09. The second-order valence-corrected chi connectivity index (χ2v) is 8.18. The van der Waals surface area contributed by atoms with E-state index in [1.807, 2.05) is 0 Å². The lowest BCUT2D eigenvalue weighted by Crippen LogP contribution is -2.07. The molecule has 3 aromatic rings. The summed E-state index contributed by atoms with van der Waals surface area (Å²) in [6.45, 7) is 4.59. The molecule has 0 fully saturated rings. The summed E-state index contributed by atoms with van der Waals surface area (Å²) in [5, 5.41) is 2.90. The van der Waals surface area contributed by atoms with E-state index < -0.39 is 0 Å². The van der Waals surface area contributed by atoms with Gasteiger partial charge in [-0.05, 0) is 76.4 Å². The Bertz CT molecular complexity index is 1040. The normalized spacial score (nSPS) is 14.6. The van der Waals surface area contributed by atoms with Crippen LogP contribution in [0.1, 0.15) is 34.7 Å². The van der Waals surface area contributed by atoms with Crippen molar-refractivity contribution in [3.8, 4) is 11.1 Å². The fraction of sp³-hybridized carbons (Fsp3) is 0.182. The van der Waals surface area contributed by atoms with Gasteiger partial charge < -0.3 is 0 Å². The van der Waals surface area contributed by atoms with Crippen LogP contribution in [0.2, 0.25) is 0 Å². The van der Waals surface area contributed by atoms with Crippen LogP contribution in [0.4, 0.5) is 0 Å². The summed E-state index contributed by atoms with van der Waals surface area (Å²) in [4.78, 5) is 0. The standard InChI is InChI=1S/C22H17.Al.2H/c1-13-4-3-5-15-8-10-17-12-18-11-9-16-7-6-14(2)20(16)22(18)21(17)19(13)15;;;/h3,5-6,8-11H,7,12H2,1-2H3;;;. The van der Waals surface area contributed by atoms with Crippen LogP contribution in [0.3, 0.4) is 0 Å². The largest absolute Gasteiger partial charge is 0.259 e. The third-order valence-corrected chi connectivity index (χ3v) is 6.92. The highest BCUT2D eigenvalue weighted by Crippen LogP contribution is 2.48. The predicted molar refractivity (Wildman–Crippen MR) is 102 cm³/mol. The first-order valence-corrected chi connectivity index (χ1v) is 9.49. The van der Waals surface area contributed by atoms with Gasteiger partial charge in [0.15, 0.2) is 0 Å². The van der Waals surface area contributed by atoms with Crippen molar-refractivity contribution in [2.75, 3.05) is 0 Å². The molecule has 1 heteroatoms. The summed E-state index contributed by atoms with van der Waals surface area (Å²) in [6.07, 6.45) is 4.57. The number of allylic oxidation sites excluding steroid dienone is 2. The minimum atomic E-state index is 1.09. The fourth-order valence-corrected chi connectivity index (χ4v) is 4.90. The third kappa shape index (κ3) is 1.73. The highest BCUT2D eigenvalue weighted by Gasteiger charge is 2.27. The zero-order valence-electron chi connectivity index (χ0n) is 14.0. The molecule has 0 unspecified atom stereocenters. The van der Waals surface area contributed by atoms with Gasteiger partial charge in [-0.2, -0.15) is 0 Å². The number of fused-ring (bicyclic) bond motifs is 7. The van der Waals surface area contributed by atoms with Gasteiger partial charge in [0, 0.05) is 0 Å². The SMILES string of the molecule is CC1=CCc2ccc3c(c21)-c1c(ccc2cc[c]([AlH2])c(C)c12)C3.